The van der Waals surface area contributed by atoms with E-state index in [1.54, 1.807) is 16.7 Å². The Morgan fingerprint density at radius 2 is 0.988 bits per heavy atom. The highest BCUT2D eigenvalue weighted by molar-refractivity contribution is 5.69. The van der Waals surface area contributed by atoms with E-state index in [0.717, 1.165) is 117 Å². The van der Waals surface area contributed by atoms with Gasteiger partial charge in [-0.15, -0.1) is 0 Å². The summed E-state index contributed by atoms with van der Waals surface area (Å²) in [4.78, 5) is 31.1. The quantitative estimate of drug-likeness (QED) is 0.305. The zero-order chi connectivity index (χ0) is 57.0. The molecule has 0 unspecified atom stereocenters. The van der Waals surface area contributed by atoms with Crippen molar-refractivity contribution in [3.8, 4) is 0 Å². The van der Waals surface area contributed by atoms with Crippen LogP contribution in [0.25, 0.3) is 0 Å². The van der Waals surface area contributed by atoms with Gasteiger partial charge < -0.3 is 33.9 Å². The van der Waals surface area contributed by atoms with E-state index in [0.29, 0.717) is 53.6 Å². The molecular formula is C73H104N2O7. The van der Waals surface area contributed by atoms with E-state index >= 15 is 0 Å². The number of nitrogens with zero attached hydrogens (tertiary/aromatic N) is 2. The normalized spacial score (nSPS) is 45.5. The molecule has 4 saturated heterocycles. The lowest BCUT2D eigenvalue weighted by molar-refractivity contribution is -0.0832. The maximum absolute atomic E-state index is 13.5. The van der Waals surface area contributed by atoms with Gasteiger partial charge in [-0.3, -0.25) is 0 Å². The highest BCUT2D eigenvalue weighted by Crippen LogP contribution is 2.68. The Kier molecular flexibility index (Phi) is 15.6. The summed E-state index contributed by atoms with van der Waals surface area (Å²) in [6.45, 7) is 24.0. The van der Waals surface area contributed by atoms with Crippen molar-refractivity contribution in [2.75, 3.05) is 13.1 Å². The minimum Gasteiger partial charge on any atom is -0.445 e. The number of piperidine rings is 2. The molecule has 4 aliphatic heterocycles. The van der Waals surface area contributed by atoms with E-state index in [4.69, 9.17) is 18.9 Å². The number of hydrogen-bond donors (Lipinski definition) is 1. The van der Waals surface area contributed by atoms with Gasteiger partial charge in [-0.1, -0.05) is 138 Å². The van der Waals surface area contributed by atoms with E-state index in [-0.39, 0.29) is 59.7 Å². The molecule has 2 amide bonds. The van der Waals surface area contributed by atoms with Crippen LogP contribution in [0, 0.1) is 87.8 Å². The number of carbonyl (C=O) groups excluding carboxylic acids is 2. The highest BCUT2D eigenvalue weighted by atomic mass is 16.6. The molecule has 4 heterocycles. The second kappa shape index (κ2) is 22.2. The zero-order valence-electron chi connectivity index (χ0n) is 51.9. The molecule has 9 nitrogen and oxygen atoms in total. The van der Waals surface area contributed by atoms with Crippen molar-refractivity contribution >= 4 is 12.2 Å². The molecule has 82 heavy (non-hydrogen) atoms. The number of allylic oxidation sites excluding steroid dienone is 2. The van der Waals surface area contributed by atoms with Gasteiger partial charge >= 0.3 is 12.2 Å². The Morgan fingerprint density at radius 3 is 1.45 bits per heavy atom. The van der Waals surface area contributed by atoms with Gasteiger partial charge in [0.1, 0.15) is 13.2 Å². The van der Waals surface area contributed by atoms with Crippen molar-refractivity contribution in [1.29, 1.82) is 0 Å². The smallest absolute Gasteiger partial charge is 0.410 e. The van der Waals surface area contributed by atoms with E-state index in [1.807, 2.05) is 71.1 Å². The maximum Gasteiger partial charge on any atom is 0.410 e. The van der Waals surface area contributed by atoms with Gasteiger partial charge in [0, 0.05) is 24.9 Å². The average molecular weight is 1120 g/mol. The average Bonchev–Trinajstić information content (AvgIpc) is 3.64. The molecule has 0 radical (unpaired) electrons. The largest absolute Gasteiger partial charge is 0.445 e. The van der Waals surface area contributed by atoms with Gasteiger partial charge in [-0.05, 0) is 223 Å². The summed E-state index contributed by atoms with van der Waals surface area (Å²) in [5, 5.41) is 10.4. The van der Waals surface area contributed by atoms with Gasteiger partial charge in [0.15, 0.2) is 0 Å². The van der Waals surface area contributed by atoms with Gasteiger partial charge in [-0.2, -0.15) is 0 Å². The van der Waals surface area contributed by atoms with Crippen molar-refractivity contribution in [2.45, 2.75) is 246 Å². The summed E-state index contributed by atoms with van der Waals surface area (Å²) < 4.78 is 26.2. The summed E-state index contributed by atoms with van der Waals surface area (Å²) in [5.41, 5.74) is 9.43. The van der Waals surface area contributed by atoms with Crippen LogP contribution < -0.4 is 0 Å². The van der Waals surface area contributed by atoms with Gasteiger partial charge in [0.05, 0.1) is 41.6 Å². The van der Waals surface area contributed by atoms with Gasteiger partial charge in [0.25, 0.3) is 0 Å². The van der Waals surface area contributed by atoms with Crippen LogP contribution in [0.4, 0.5) is 9.59 Å². The fourth-order valence-electron chi connectivity index (χ4n) is 22.3. The molecular weight excluding hydrogens is 1020 g/mol. The molecule has 2 aromatic rings. The van der Waals surface area contributed by atoms with Crippen molar-refractivity contribution in [3.63, 3.8) is 0 Å². The number of ether oxygens (including phenoxy) is 4. The second-order valence-electron chi connectivity index (χ2n) is 31.1. The summed E-state index contributed by atoms with van der Waals surface area (Å²) >= 11 is 0. The lowest BCUT2D eigenvalue weighted by Gasteiger charge is -2.54. The molecule has 8 aliphatic carbocycles. The molecule has 2 aromatic carbocycles. The van der Waals surface area contributed by atoms with E-state index in [9.17, 15) is 14.7 Å². The maximum atomic E-state index is 13.5. The Balaban J connectivity index is 0.000000154. The summed E-state index contributed by atoms with van der Waals surface area (Å²) in [5.74, 6) is 8.72. The number of fused-ring (bicyclic) bond motifs is 12. The number of amides is 2. The molecule has 22 atom stereocenters. The number of likely N-dealkylation sites (tertiary alicyclic amines) is 2. The number of aliphatic hydroxyl groups is 1. The molecule has 6 saturated carbocycles. The number of hydrogen-bond acceptors (Lipinski definition) is 7. The molecule has 0 bridgehead atoms. The fourth-order valence-corrected chi connectivity index (χ4v) is 22.3. The highest BCUT2D eigenvalue weighted by Gasteiger charge is 2.63. The third-order valence-electron chi connectivity index (χ3n) is 26.6. The Bertz CT molecular complexity index is 2540. The van der Waals surface area contributed by atoms with E-state index in [2.05, 4.69) is 67.2 Å². The first kappa shape index (κ1) is 57.4. The predicted octanol–water partition coefficient (Wildman–Crippen LogP) is 16.3. The van der Waals surface area contributed by atoms with Crippen LogP contribution in [0.3, 0.4) is 0 Å². The number of rotatable bonds is 4. The van der Waals surface area contributed by atoms with Crippen LogP contribution in [0.5, 0.6) is 0 Å². The summed E-state index contributed by atoms with van der Waals surface area (Å²) in [7, 11) is 0. The predicted molar refractivity (Wildman–Crippen MR) is 323 cm³/mol. The lowest BCUT2D eigenvalue weighted by atomic mass is 9.51. The topological polar surface area (TPSA) is 97.8 Å². The Morgan fingerprint density at radius 1 is 0.549 bits per heavy atom. The van der Waals surface area contributed by atoms with Crippen LogP contribution >= 0.6 is 0 Å². The molecule has 9 heteroatoms. The third-order valence-corrected chi connectivity index (χ3v) is 26.6. The summed E-state index contributed by atoms with van der Waals surface area (Å²) in [6, 6.07) is 20.2. The van der Waals surface area contributed by atoms with Crippen LogP contribution in [0.1, 0.15) is 202 Å². The number of carbonyl (C=O) groups is 2. The minimum atomic E-state index is -0.190. The van der Waals surface area contributed by atoms with E-state index in [1.165, 1.54) is 77.0 Å². The van der Waals surface area contributed by atoms with Gasteiger partial charge in [0.2, 0.25) is 0 Å². The van der Waals surface area contributed by atoms with Crippen molar-refractivity contribution in [1.82, 2.24) is 9.80 Å². The third kappa shape index (κ3) is 9.98. The van der Waals surface area contributed by atoms with Crippen LogP contribution in [0.15, 0.2) is 83.0 Å². The first-order valence-corrected chi connectivity index (χ1v) is 33.7. The van der Waals surface area contributed by atoms with Crippen molar-refractivity contribution in [3.05, 3.63) is 94.1 Å². The molecule has 448 valence electrons. The molecule has 14 rings (SSSR count). The van der Waals surface area contributed by atoms with E-state index < -0.39 is 0 Å². The van der Waals surface area contributed by atoms with Crippen molar-refractivity contribution < 1.29 is 33.6 Å². The number of aliphatic hydroxyl groups excluding tert-OH is 1. The van der Waals surface area contributed by atoms with Crippen LogP contribution in [-0.4, -0.2) is 81.8 Å². The molecule has 0 aromatic heterocycles. The Hall–Kier alpha value is -3.66. The fraction of sp³-hybridized carbons (Fsp3) is 0.753. The Labute approximate surface area is 493 Å². The molecule has 1 N–H and O–H groups in total. The lowest BCUT2D eigenvalue weighted by Crippen LogP contribution is -2.54. The minimum absolute atomic E-state index is 0.0836. The van der Waals surface area contributed by atoms with Crippen LogP contribution in [-0.2, 0) is 32.2 Å². The number of benzene rings is 2. The molecule has 2 spiro atoms. The monoisotopic (exact) mass is 1120 g/mol. The van der Waals surface area contributed by atoms with Crippen molar-refractivity contribution in [2.24, 2.45) is 87.8 Å². The SMILES string of the molecule is CC1=C2C[C@H]3[C@@H](CC[C@@H]4C[C@H](C)CC[C@@]43C)[C@@H]2CC[C@@]2(C1)O[C@@H]1C[C@H](C)CN(C(=O)OCc3ccccc3)[C@H]1[C@H]2C.CC1=C2C[C@H]3[C@@H](CC[C@@H]4C[C@H](O)CC[C@@]43C)[C@@H]2CC[C@@]2(C1)O[C@@H]1C[C@H](C)CN(C(=O)OCc3ccccc3)[C@H]1[C@H]2C. The second-order valence-corrected chi connectivity index (χ2v) is 31.1. The molecule has 10 fully saturated rings. The standard InChI is InChI=1S/C37H53NO3.C36H51NO4/c1-23-13-15-36(5)28(17-23)11-12-30-29-14-16-37(20-25(3)31(29)19-32(30)36)26(4)34-33(41-37)18-24(2)21-38(34)35(39)40-22-27-9-7-6-8-10-27;1-22-16-32-33(37(20-22)34(39)40-21-25-8-6-5-7-9-25)24(3)36(41-32)15-13-28-29-11-10-26-17-27(38)12-14-35(26,4)31(29)18-30(28)23(2)19-36/h6-10,23-24,26,28-30,32-34H,11-22H2,1-5H3;5-9,22,24,26-29,31-33,38H,10-21H2,1-4H3/t23-,24+,26-,28-,29+,30+,32+,33-,34+,36+,37+;22-,24+,26+,27+,28-,29-,31-,32+,33-,35-,36-/m10/s1. The van der Waals surface area contributed by atoms with Gasteiger partial charge in [-0.25, -0.2) is 9.59 Å². The van der Waals surface area contributed by atoms with Crippen LogP contribution in [0.2, 0.25) is 0 Å². The first-order valence-electron chi connectivity index (χ1n) is 33.7. The molecule has 12 aliphatic rings. The first-order chi connectivity index (χ1) is 39.4. The zero-order valence-corrected chi connectivity index (χ0v) is 51.9. The summed E-state index contributed by atoms with van der Waals surface area (Å²) in [6.07, 6.45) is 24.2.